The lowest BCUT2D eigenvalue weighted by Crippen LogP contribution is -2.49. The lowest BCUT2D eigenvalue weighted by Gasteiger charge is -2.34. The van der Waals surface area contributed by atoms with Crippen LogP contribution in [0.15, 0.2) is 0 Å². The first-order chi connectivity index (χ1) is 10.8. The molecule has 0 radical (unpaired) electrons. The number of nitrogens with zero attached hydrogens (tertiary/aromatic N) is 1. The summed E-state index contributed by atoms with van der Waals surface area (Å²) in [6, 6.07) is 0.0708. The Morgan fingerprint density at radius 3 is 2.57 bits per heavy atom. The SMILES string of the molecule is CC(C)(C)OC(=O)NC1CCN(C(=O)C[C@H]2CNCCO2)CC1. The molecule has 0 bridgehead atoms. The van der Waals surface area contributed by atoms with E-state index in [9.17, 15) is 9.59 Å². The first-order valence-electron chi connectivity index (χ1n) is 8.43. The molecule has 2 heterocycles. The summed E-state index contributed by atoms with van der Waals surface area (Å²) in [4.78, 5) is 25.9. The number of hydrogen-bond donors (Lipinski definition) is 2. The van der Waals surface area contributed by atoms with Gasteiger partial charge in [0.15, 0.2) is 0 Å². The van der Waals surface area contributed by atoms with Gasteiger partial charge in [-0.25, -0.2) is 4.79 Å². The molecule has 0 aromatic heterocycles. The molecule has 0 aromatic rings. The number of nitrogens with one attached hydrogen (secondary N) is 2. The summed E-state index contributed by atoms with van der Waals surface area (Å²) in [5.74, 6) is 0.134. The molecule has 2 aliphatic rings. The molecule has 2 N–H and O–H groups in total. The zero-order chi connectivity index (χ0) is 16.9. The monoisotopic (exact) mass is 327 g/mol. The lowest BCUT2D eigenvalue weighted by molar-refractivity contribution is -0.135. The van der Waals surface area contributed by atoms with Gasteiger partial charge in [0.1, 0.15) is 5.60 Å². The van der Waals surface area contributed by atoms with E-state index < -0.39 is 5.60 Å². The number of piperidine rings is 1. The van der Waals surface area contributed by atoms with Gasteiger partial charge in [-0.2, -0.15) is 0 Å². The van der Waals surface area contributed by atoms with Gasteiger partial charge in [0.05, 0.1) is 19.1 Å². The number of morpholine rings is 1. The first kappa shape index (κ1) is 18.0. The summed E-state index contributed by atoms with van der Waals surface area (Å²) in [5, 5.41) is 6.12. The fourth-order valence-corrected chi connectivity index (χ4v) is 2.82. The van der Waals surface area contributed by atoms with Crippen LogP contribution >= 0.6 is 0 Å². The van der Waals surface area contributed by atoms with E-state index in [4.69, 9.17) is 9.47 Å². The van der Waals surface area contributed by atoms with Crippen LogP contribution in [0.25, 0.3) is 0 Å². The Morgan fingerprint density at radius 1 is 1.30 bits per heavy atom. The molecule has 2 amide bonds. The normalized spacial score (nSPS) is 23.4. The molecular weight excluding hydrogens is 298 g/mol. The van der Waals surface area contributed by atoms with Crippen LogP contribution < -0.4 is 10.6 Å². The second-order valence-electron chi connectivity index (χ2n) is 7.20. The second-order valence-corrected chi connectivity index (χ2v) is 7.20. The van der Waals surface area contributed by atoms with Gasteiger partial charge in [0.2, 0.25) is 5.91 Å². The zero-order valence-electron chi connectivity index (χ0n) is 14.4. The summed E-state index contributed by atoms with van der Waals surface area (Å²) >= 11 is 0. The fraction of sp³-hybridized carbons (Fsp3) is 0.875. The van der Waals surface area contributed by atoms with Crippen LogP contribution in [-0.4, -0.2) is 67.4 Å². The number of alkyl carbamates (subject to hydrolysis) is 1. The van der Waals surface area contributed by atoms with Crippen molar-refractivity contribution in [2.75, 3.05) is 32.8 Å². The quantitative estimate of drug-likeness (QED) is 0.804. The van der Waals surface area contributed by atoms with Gasteiger partial charge >= 0.3 is 6.09 Å². The smallest absolute Gasteiger partial charge is 0.407 e. The maximum Gasteiger partial charge on any atom is 0.407 e. The Morgan fingerprint density at radius 2 is 2.00 bits per heavy atom. The van der Waals surface area contributed by atoms with E-state index in [2.05, 4.69) is 10.6 Å². The number of hydrogen-bond acceptors (Lipinski definition) is 5. The Hall–Kier alpha value is -1.34. The summed E-state index contributed by atoms with van der Waals surface area (Å²) in [6.45, 7) is 9.12. The number of likely N-dealkylation sites (tertiary alicyclic amines) is 1. The van der Waals surface area contributed by atoms with E-state index in [0.29, 0.717) is 26.1 Å². The van der Waals surface area contributed by atoms with Crippen molar-refractivity contribution in [1.82, 2.24) is 15.5 Å². The predicted molar refractivity (Wildman–Crippen MR) is 86.2 cm³/mol. The Labute approximate surface area is 138 Å². The molecular formula is C16H29N3O4. The molecule has 23 heavy (non-hydrogen) atoms. The highest BCUT2D eigenvalue weighted by Gasteiger charge is 2.27. The van der Waals surface area contributed by atoms with Gasteiger partial charge in [-0.05, 0) is 33.6 Å². The van der Waals surface area contributed by atoms with E-state index in [1.165, 1.54) is 0 Å². The van der Waals surface area contributed by atoms with Crippen molar-refractivity contribution >= 4 is 12.0 Å². The molecule has 132 valence electrons. The summed E-state index contributed by atoms with van der Waals surface area (Å²) in [7, 11) is 0. The minimum absolute atomic E-state index is 0.0196. The Balaban J connectivity index is 1.68. The van der Waals surface area contributed by atoms with Crippen molar-refractivity contribution in [2.24, 2.45) is 0 Å². The number of rotatable bonds is 3. The molecule has 0 aliphatic carbocycles. The average Bonchev–Trinajstić information content (AvgIpc) is 2.47. The molecule has 0 unspecified atom stereocenters. The van der Waals surface area contributed by atoms with Gasteiger partial charge in [-0.15, -0.1) is 0 Å². The van der Waals surface area contributed by atoms with Crippen molar-refractivity contribution in [2.45, 2.75) is 57.8 Å². The van der Waals surface area contributed by atoms with Crippen molar-refractivity contribution < 1.29 is 19.1 Å². The average molecular weight is 327 g/mol. The number of ether oxygens (including phenoxy) is 2. The van der Waals surface area contributed by atoms with Gasteiger partial charge < -0.3 is 25.0 Å². The number of carbonyl (C=O) groups excluding carboxylic acids is 2. The minimum atomic E-state index is -0.491. The standard InChI is InChI=1S/C16H29N3O4/c1-16(2,3)23-15(21)18-12-4-7-19(8-5-12)14(20)10-13-11-17-6-9-22-13/h12-13,17H,4-11H2,1-3H3,(H,18,21)/t13-/m0/s1. The van der Waals surface area contributed by atoms with Crippen molar-refractivity contribution in [3.8, 4) is 0 Å². The largest absolute Gasteiger partial charge is 0.444 e. The topological polar surface area (TPSA) is 79.9 Å². The summed E-state index contributed by atoms with van der Waals surface area (Å²) in [6.07, 6.45) is 1.54. The fourth-order valence-electron chi connectivity index (χ4n) is 2.82. The molecule has 1 atom stereocenters. The van der Waals surface area contributed by atoms with Crippen LogP contribution in [0, 0.1) is 0 Å². The van der Waals surface area contributed by atoms with Crippen LogP contribution in [0.2, 0.25) is 0 Å². The highest BCUT2D eigenvalue weighted by Crippen LogP contribution is 2.14. The number of amides is 2. The van der Waals surface area contributed by atoms with Crippen LogP contribution in [0.5, 0.6) is 0 Å². The third-order valence-electron chi connectivity index (χ3n) is 3.98. The van der Waals surface area contributed by atoms with Crippen LogP contribution in [-0.2, 0) is 14.3 Å². The highest BCUT2D eigenvalue weighted by atomic mass is 16.6. The zero-order valence-corrected chi connectivity index (χ0v) is 14.4. The van der Waals surface area contributed by atoms with Crippen LogP contribution in [0.3, 0.4) is 0 Å². The molecule has 7 nitrogen and oxygen atoms in total. The molecule has 2 saturated heterocycles. The molecule has 0 spiro atoms. The molecule has 2 rings (SSSR count). The molecule has 2 aliphatic heterocycles. The lowest BCUT2D eigenvalue weighted by atomic mass is 10.0. The first-order valence-corrected chi connectivity index (χ1v) is 8.43. The van der Waals surface area contributed by atoms with E-state index in [1.54, 1.807) is 0 Å². The van der Waals surface area contributed by atoms with Crippen molar-refractivity contribution in [3.63, 3.8) is 0 Å². The van der Waals surface area contributed by atoms with E-state index in [-0.39, 0.29) is 24.1 Å². The summed E-state index contributed by atoms with van der Waals surface area (Å²) < 4.78 is 10.8. The third-order valence-corrected chi connectivity index (χ3v) is 3.98. The van der Waals surface area contributed by atoms with E-state index in [1.807, 2.05) is 25.7 Å². The van der Waals surface area contributed by atoms with Crippen LogP contribution in [0.1, 0.15) is 40.0 Å². The molecule has 0 saturated carbocycles. The predicted octanol–water partition coefficient (Wildman–Crippen LogP) is 0.881. The van der Waals surface area contributed by atoms with Gasteiger partial charge in [0, 0.05) is 32.2 Å². The molecule has 7 heteroatoms. The molecule has 0 aromatic carbocycles. The van der Waals surface area contributed by atoms with Crippen molar-refractivity contribution in [3.05, 3.63) is 0 Å². The Kier molecular flexibility index (Phi) is 6.24. The van der Waals surface area contributed by atoms with E-state index >= 15 is 0 Å². The summed E-state index contributed by atoms with van der Waals surface area (Å²) in [5.41, 5.74) is -0.491. The maximum absolute atomic E-state index is 12.3. The maximum atomic E-state index is 12.3. The highest BCUT2D eigenvalue weighted by molar-refractivity contribution is 5.77. The van der Waals surface area contributed by atoms with Gasteiger partial charge in [-0.3, -0.25) is 4.79 Å². The Bertz CT molecular complexity index is 408. The molecule has 2 fully saturated rings. The van der Waals surface area contributed by atoms with E-state index in [0.717, 1.165) is 25.9 Å². The van der Waals surface area contributed by atoms with Crippen LogP contribution in [0.4, 0.5) is 4.79 Å². The second kappa shape index (κ2) is 7.97. The third kappa shape index (κ3) is 6.35. The minimum Gasteiger partial charge on any atom is -0.444 e. The van der Waals surface area contributed by atoms with Gasteiger partial charge in [0.25, 0.3) is 0 Å². The number of carbonyl (C=O) groups is 2. The van der Waals surface area contributed by atoms with Crippen molar-refractivity contribution in [1.29, 1.82) is 0 Å². The van der Waals surface area contributed by atoms with Gasteiger partial charge in [-0.1, -0.05) is 0 Å².